The van der Waals surface area contributed by atoms with E-state index in [9.17, 15) is 19.5 Å². The monoisotopic (exact) mass is 494 g/mol. The molecule has 2 amide bonds. The van der Waals surface area contributed by atoms with Gasteiger partial charge in [0.2, 0.25) is 0 Å². The summed E-state index contributed by atoms with van der Waals surface area (Å²) in [7, 11) is 0. The Morgan fingerprint density at radius 3 is 2.22 bits per heavy atom. The minimum Gasteiger partial charge on any atom is -0.480 e. The van der Waals surface area contributed by atoms with Gasteiger partial charge in [-0.05, 0) is 48.4 Å². The van der Waals surface area contributed by atoms with E-state index < -0.39 is 29.9 Å². The molecule has 3 N–H and O–H groups in total. The third kappa shape index (κ3) is 6.38. The van der Waals surface area contributed by atoms with Crippen molar-refractivity contribution in [3.63, 3.8) is 0 Å². The van der Waals surface area contributed by atoms with E-state index in [0.717, 1.165) is 22.3 Å². The third-order valence-corrected chi connectivity index (χ3v) is 6.37. The van der Waals surface area contributed by atoms with Gasteiger partial charge in [0, 0.05) is 18.9 Å². The molecule has 0 saturated carbocycles. The number of carboxylic acids is 1. The van der Waals surface area contributed by atoms with Crippen LogP contribution < -0.4 is 10.6 Å². The van der Waals surface area contributed by atoms with E-state index in [1.807, 2.05) is 55.5 Å². The number of ether oxygens (including phenoxy) is 2. The Morgan fingerprint density at radius 1 is 0.972 bits per heavy atom. The van der Waals surface area contributed by atoms with Crippen LogP contribution in [0, 0.1) is 0 Å². The zero-order chi connectivity index (χ0) is 25.5. The van der Waals surface area contributed by atoms with Gasteiger partial charge in [-0.15, -0.1) is 0 Å². The van der Waals surface area contributed by atoms with Gasteiger partial charge in [-0.3, -0.25) is 0 Å². The van der Waals surface area contributed by atoms with Crippen molar-refractivity contribution in [3.8, 4) is 11.1 Å². The van der Waals surface area contributed by atoms with Crippen LogP contribution in [-0.4, -0.2) is 54.7 Å². The van der Waals surface area contributed by atoms with Gasteiger partial charge < -0.3 is 25.2 Å². The number of amides is 2. The van der Waals surface area contributed by atoms with E-state index in [2.05, 4.69) is 20.9 Å². The fourth-order valence-corrected chi connectivity index (χ4v) is 4.28. The zero-order valence-corrected chi connectivity index (χ0v) is 20.1. The quantitative estimate of drug-likeness (QED) is 0.373. The lowest BCUT2D eigenvalue weighted by Gasteiger charge is -2.17. The van der Waals surface area contributed by atoms with Crippen molar-refractivity contribution in [1.82, 2.24) is 10.6 Å². The van der Waals surface area contributed by atoms with Gasteiger partial charge in [0.25, 0.3) is 0 Å². The third-order valence-electron chi connectivity index (χ3n) is 6.37. The molecule has 1 aliphatic heterocycles. The molecule has 0 saturated heterocycles. The van der Waals surface area contributed by atoms with Gasteiger partial charge in [-0.25, -0.2) is 14.4 Å². The normalized spacial score (nSPS) is 15.4. The maximum atomic E-state index is 12.4. The lowest BCUT2D eigenvalue weighted by Crippen LogP contribution is -2.41. The molecule has 10 heteroatoms. The van der Waals surface area contributed by atoms with Crippen molar-refractivity contribution in [1.29, 1.82) is 0 Å². The number of fused-ring (bicyclic) bond motifs is 3. The number of unbranched alkanes of at least 4 members (excludes halogenated alkanes) is 1. The van der Waals surface area contributed by atoms with E-state index in [4.69, 9.17) is 9.47 Å². The van der Waals surface area contributed by atoms with E-state index in [-0.39, 0.29) is 25.6 Å². The van der Waals surface area contributed by atoms with Crippen LogP contribution in [0.4, 0.5) is 9.59 Å². The van der Waals surface area contributed by atoms with E-state index in [1.165, 1.54) is 0 Å². The van der Waals surface area contributed by atoms with Crippen LogP contribution in [0.3, 0.4) is 0 Å². The summed E-state index contributed by atoms with van der Waals surface area (Å²) in [6.45, 7) is 2.52. The van der Waals surface area contributed by atoms with Crippen molar-refractivity contribution in [2.24, 2.45) is 10.2 Å². The molecule has 2 aliphatic rings. The van der Waals surface area contributed by atoms with Gasteiger partial charge in [-0.2, -0.15) is 10.2 Å². The molecule has 0 spiro atoms. The van der Waals surface area contributed by atoms with Crippen molar-refractivity contribution in [2.45, 2.75) is 50.2 Å². The van der Waals surface area contributed by atoms with Gasteiger partial charge in [0.1, 0.15) is 12.6 Å². The number of alkyl carbamates (subject to hydrolysis) is 2. The molecule has 0 bridgehead atoms. The second-order valence-corrected chi connectivity index (χ2v) is 9.09. The highest BCUT2D eigenvalue weighted by atomic mass is 16.6. The summed E-state index contributed by atoms with van der Waals surface area (Å²) in [5, 5.41) is 22.3. The van der Waals surface area contributed by atoms with Crippen LogP contribution in [0.1, 0.15) is 49.7 Å². The molecule has 0 radical (unpaired) electrons. The predicted octanol–water partition coefficient (Wildman–Crippen LogP) is 4.45. The minimum atomic E-state index is -1.14. The molecule has 0 fully saturated rings. The summed E-state index contributed by atoms with van der Waals surface area (Å²) < 4.78 is 10.5. The van der Waals surface area contributed by atoms with E-state index in [0.29, 0.717) is 25.8 Å². The Labute approximate surface area is 209 Å². The molecule has 1 unspecified atom stereocenters. The maximum Gasteiger partial charge on any atom is 0.407 e. The maximum absolute atomic E-state index is 12.4. The average molecular weight is 495 g/mol. The largest absolute Gasteiger partial charge is 0.480 e. The van der Waals surface area contributed by atoms with Crippen molar-refractivity contribution in [3.05, 3.63) is 59.7 Å². The molecule has 1 heterocycles. The predicted molar refractivity (Wildman–Crippen MR) is 131 cm³/mol. The van der Waals surface area contributed by atoms with Crippen LogP contribution in [0.2, 0.25) is 0 Å². The number of carboxylic acid groups (broad SMARTS) is 1. The highest BCUT2D eigenvalue weighted by Crippen LogP contribution is 2.44. The van der Waals surface area contributed by atoms with Gasteiger partial charge in [0.05, 0.1) is 6.61 Å². The number of carbonyl (C=O) groups excluding carboxylic acids is 2. The van der Waals surface area contributed by atoms with Gasteiger partial charge >= 0.3 is 18.2 Å². The molecule has 1 aliphatic carbocycles. The SMILES string of the molecule is CC1(CCOC(=O)NCCCCC(NC(=O)OCC2c3ccccc3-c3ccccc32)C(=O)O)N=N1. The van der Waals surface area contributed by atoms with Crippen LogP contribution in [0.5, 0.6) is 0 Å². The number of aliphatic carboxylic acids is 1. The molecule has 2 aromatic rings. The number of carbonyl (C=O) groups is 3. The number of nitrogens with zero attached hydrogens (tertiary/aromatic N) is 2. The summed E-state index contributed by atoms with van der Waals surface area (Å²) in [5.74, 6) is -1.24. The van der Waals surface area contributed by atoms with Gasteiger partial charge in [0.15, 0.2) is 5.66 Å². The van der Waals surface area contributed by atoms with Crippen molar-refractivity contribution >= 4 is 18.2 Å². The number of benzene rings is 2. The Bertz CT molecular complexity index is 1100. The summed E-state index contributed by atoms with van der Waals surface area (Å²) in [6.07, 6.45) is 0.462. The molecule has 190 valence electrons. The highest BCUT2D eigenvalue weighted by molar-refractivity contribution is 5.81. The van der Waals surface area contributed by atoms with E-state index in [1.54, 1.807) is 0 Å². The number of hydrogen-bond acceptors (Lipinski definition) is 7. The first-order valence-corrected chi connectivity index (χ1v) is 12.1. The Morgan fingerprint density at radius 2 is 1.61 bits per heavy atom. The average Bonchev–Trinajstić information content (AvgIpc) is 3.51. The standard InChI is InChI=1S/C26H30N4O6/c1-26(29-30-26)13-15-35-24(33)27-14-7-6-12-22(23(31)32)28-25(34)36-16-21-19-10-4-2-8-17(19)18-9-3-5-11-20(18)21/h2-5,8-11,21-22H,6-7,12-16H2,1H3,(H,27,33)(H,28,34)(H,31,32). The summed E-state index contributed by atoms with van der Waals surface area (Å²) in [5.41, 5.74) is 3.99. The second kappa shape index (κ2) is 11.2. The molecule has 36 heavy (non-hydrogen) atoms. The molecule has 1 atom stereocenters. The number of nitrogens with one attached hydrogen (secondary N) is 2. The fourth-order valence-electron chi connectivity index (χ4n) is 4.28. The highest BCUT2D eigenvalue weighted by Gasteiger charge is 2.33. The summed E-state index contributed by atoms with van der Waals surface area (Å²) in [4.78, 5) is 35.7. The molecular formula is C26H30N4O6. The van der Waals surface area contributed by atoms with Crippen LogP contribution in [0.15, 0.2) is 58.8 Å². The Kier molecular flexibility index (Phi) is 7.82. The molecular weight excluding hydrogens is 464 g/mol. The molecule has 10 nitrogen and oxygen atoms in total. The minimum absolute atomic E-state index is 0.104. The Balaban J connectivity index is 1.17. The van der Waals surface area contributed by atoms with E-state index >= 15 is 0 Å². The smallest absolute Gasteiger partial charge is 0.407 e. The Hall–Kier alpha value is -3.95. The molecule has 0 aromatic heterocycles. The zero-order valence-electron chi connectivity index (χ0n) is 20.1. The van der Waals surface area contributed by atoms with Crippen LogP contribution in [-0.2, 0) is 14.3 Å². The first-order chi connectivity index (χ1) is 17.4. The van der Waals surface area contributed by atoms with Gasteiger partial charge in [-0.1, -0.05) is 48.5 Å². The van der Waals surface area contributed by atoms with Crippen LogP contribution >= 0.6 is 0 Å². The lowest BCUT2D eigenvalue weighted by molar-refractivity contribution is -0.139. The second-order valence-electron chi connectivity index (χ2n) is 9.09. The topological polar surface area (TPSA) is 139 Å². The first-order valence-electron chi connectivity index (χ1n) is 12.1. The summed E-state index contributed by atoms with van der Waals surface area (Å²) in [6, 6.07) is 14.9. The number of rotatable bonds is 12. The molecule has 4 rings (SSSR count). The lowest BCUT2D eigenvalue weighted by atomic mass is 9.98. The van der Waals surface area contributed by atoms with Crippen LogP contribution in [0.25, 0.3) is 11.1 Å². The van der Waals surface area contributed by atoms with Crippen molar-refractivity contribution < 1.29 is 29.0 Å². The molecule has 2 aromatic carbocycles. The number of hydrogen-bond donors (Lipinski definition) is 3. The first kappa shape index (κ1) is 25.2. The summed E-state index contributed by atoms with van der Waals surface area (Å²) >= 11 is 0. The van der Waals surface area contributed by atoms with Crippen molar-refractivity contribution in [2.75, 3.05) is 19.8 Å². The fraction of sp³-hybridized carbons (Fsp3) is 0.423.